The summed E-state index contributed by atoms with van der Waals surface area (Å²) in [6.07, 6.45) is 0. The van der Waals surface area contributed by atoms with Crippen molar-refractivity contribution in [1.82, 2.24) is 10.6 Å². The zero-order chi connectivity index (χ0) is 9.78. The van der Waals surface area contributed by atoms with Crippen molar-refractivity contribution in [3.05, 3.63) is 0 Å². The van der Waals surface area contributed by atoms with Crippen molar-refractivity contribution >= 4 is 5.91 Å². The first-order valence-corrected chi connectivity index (χ1v) is 4.04. The number of hydrogen-bond donors (Lipinski definition) is 3. The quantitative estimate of drug-likeness (QED) is 0.537. The van der Waals surface area contributed by atoms with E-state index in [-0.39, 0.29) is 18.5 Å². The molecule has 1 amide bonds. The van der Waals surface area contributed by atoms with Crippen molar-refractivity contribution in [3.63, 3.8) is 0 Å². The highest BCUT2D eigenvalue weighted by molar-refractivity contribution is 5.77. The van der Waals surface area contributed by atoms with Crippen LogP contribution in [0.1, 0.15) is 20.8 Å². The Morgan fingerprint density at radius 1 is 1.58 bits per heavy atom. The van der Waals surface area contributed by atoms with Gasteiger partial charge in [0.2, 0.25) is 5.91 Å². The minimum Gasteiger partial charge on any atom is -0.389 e. The fourth-order valence-corrected chi connectivity index (χ4v) is 0.584. The van der Waals surface area contributed by atoms with Crippen LogP contribution in [0.15, 0.2) is 0 Å². The molecule has 0 aromatic heterocycles. The van der Waals surface area contributed by atoms with Gasteiger partial charge in [-0.05, 0) is 20.8 Å². The summed E-state index contributed by atoms with van der Waals surface area (Å²) in [6, 6.07) is -0.102. The highest BCUT2D eigenvalue weighted by Crippen LogP contribution is 2.06. The molecule has 0 fully saturated rings. The summed E-state index contributed by atoms with van der Waals surface area (Å²) in [5, 5.41) is 14.9. The molecule has 12 heavy (non-hydrogen) atoms. The number of aliphatic hydroxyl groups is 1. The molecular weight excluding hydrogens is 156 g/mol. The topological polar surface area (TPSA) is 61.4 Å². The minimum atomic E-state index is -0.798. The third-order valence-corrected chi connectivity index (χ3v) is 1.91. The molecule has 0 aliphatic carbocycles. The molecule has 1 atom stereocenters. The number of hydrogen-bond acceptors (Lipinski definition) is 3. The van der Waals surface area contributed by atoms with Crippen LogP contribution in [0.2, 0.25) is 0 Å². The molecule has 1 unspecified atom stereocenters. The molecule has 3 N–H and O–H groups in total. The van der Waals surface area contributed by atoms with Crippen molar-refractivity contribution in [1.29, 1.82) is 0 Å². The maximum atomic E-state index is 10.8. The Bertz CT molecular complexity index is 152. The molecule has 0 radical (unpaired) electrons. The van der Waals surface area contributed by atoms with Crippen LogP contribution in [-0.2, 0) is 4.79 Å². The number of nitrogens with one attached hydrogen (secondary N) is 2. The molecule has 0 aliphatic rings. The van der Waals surface area contributed by atoms with E-state index >= 15 is 0 Å². The van der Waals surface area contributed by atoms with Gasteiger partial charge in [0.25, 0.3) is 0 Å². The van der Waals surface area contributed by atoms with E-state index in [0.717, 1.165) is 0 Å². The Kier molecular flexibility index (Phi) is 4.20. The number of amides is 1. The second kappa shape index (κ2) is 4.42. The summed E-state index contributed by atoms with van der Waals surface area (Å²) >= 11 is 0. The second-order valence-electron chi connectivity index (χ2n) is 3.43. The number of carbonyl (C=O) groups excluding carboxylic acids is 1. The predicted molar refractivity (Wildman–Crippen MR) is 47.8 cm³/mol. The molecule has 72 valence electrons. The van der Waals surface area contributed by atoms with Crippen LogP contribution in [0.5, 0.6) is 0 Å². The van der Waals surface area contributed by atoms with Gasteiger partial charge < -0.3 is 15.7 Å². The van der Waals surface area contributed by atoms with Crippen molar-refractivity contribution in [2.75, 3.05) is 13.6 Å². The van der Waals surface area contributed by atoms with Crippen molar-refractivity contribution in [2.45, 2.75) is 32.4 Å². The minimum absolute atomic E-state index is 0.0777. The van der Waals surface area contributed by atoms with Gasteiger partial charge in [0, 0.05) is 13.1 Å². The van der Waals surface area contributed by atoms with Crippen molar-refractivity contribution < 1.29 is 9.90 Å². The van der Waals surface area contributed by atoms with E-state index < -0.39 is 5.60 Å². The molecular formula is C8H18N2O2. The third kappa shape index (κ3) is 4.31. The third-order valence-electron chi connectivity index (χ3n) is 1.91. The average Bonchev–Trinajstić information content (AvgIpc) is 1.97. The van der Waals surface area contributed by atoms with Crippen LogP contribution >= 0.6 is 0 Å². The van der Waals surface area contributed by atoms with E-state index in [4.69, 9.17) is 0 Å². The van der Waals surface area contributed by atoms with Crippen molar-refractivity contribution in [2.24, 2.45) is 0 Å². The number of rotatable bonds is 4. The van der Waals surface area contributed by atoms with Gasteiger partial charge in [0.05, 0.1) is 12.1 Å². The van der Waals surface area contributed by atoms with Gasteiger partial charge >= 0.3 is 0 Å². The lowest BCUT2D eigenvalue weighted by Crippen LogP contribution is -2.47. The van der Waals surface area contributed by atoms with Crippen LogP contribution in [0.4, 0.5) is 0 Å². The van der Waals surface area contributed by atoms with Gasteiger partial charge in [-0.1, -0.05) is 0 Å². The van der Waals surface area contributed by atoms with E-state index in [9.17, 15) is 9.90 Å². The van der Waals surface area contributed by atoms with E-state index in [1.807, 2.05) is 6.92 Å². The normalized spacial score (nSPS) is 14.1. The molecule has 0 aliphatic heterocycles. The first-order chi connectivity index (χ1) is 5.38. The molecule has 4 heteroatoms. The first-order valence-electron chi connectivity index (χ1n) is 4.04. The fourth-order valence-electron chi connectivity index (χ4n) is 0.584. The standard InChI is InChI=1S/C8H18N2O2/c1-6(8(2,3)12)10-5-7(11)9-4/h6,10,12H,5H2,1-4H3,(H,9,11). The molecule has 0 heterocycles. The van der Waals surface area contributed by atoms with Gasteiger partial charge in [-0.15, -0.1) is 0 Å². The Morgan fingerprint density at radius 2 is 2.08 bits per heavy atom. The summed E-state index contributed by atoms with van der Waals surface area (Å²) in [4.78, 5) is 10.8. The van der Waals surface area contributed by atoms with E-state index in [1.54, 1.807) is 20.9 Å². The molecule has 4 nitrogen and oxygen atoms in total. The predicted octanol–water partition coefficient (Wildman–Crippen LogP) is -0.519. The van der Waals surface area contributed by atoms with Gasteiger partial charge in [0.1, 0.15) is 0 Å². The smallest absolute Gasteiger partial charge is 0.233 e. The van der Waals surface area contributed by atoms with E-state index in [1.165, 1.54) is 0 Å². The van der Waals surface area contributed by atoms with Gasteiger partial charge in [-0.2, -0.15) is 0 Å². The van der Waals surface area contributed by atoms with Crippen molar-refractivity contribution in [3.8, 4) is 0 Å². The Balaban J connectivity index is 3.72. The zero-order valence-corrected chi connectivity index (χ0v) is 8.14. The molecule has 0 rings (SSSR count). The maximum Gasteiger partial charge on any atom is 0.233 e. The average molecular weight is 174 g/mol. The number of likely N-dealkylation sites (N-methyl/N-ethyl adjacent to an activating group) is 1. The molecule has 0 spiro atoms. The zero-order valence-electron chi connectivity index (χ0n) is 8.14. The molecule has 0 bridgehead atoms. The lowest BCUT2D eigenvalue weighted by atomic mass is 10.0. The monoisotopic (exact) mass is 174 g/mol. The Labute approximate surface area is 73.3 Å². The van der Waals surface area contributed by atoms with Crippen LogP contribution in [0, 0.1) is 0 Å². The van der Waals surface area contributed by atoms with Gasteiger partial charge in [-0.25, -0.2) is 0 Å². The molecule has 0 aromatic rings. The molecule has 0 saturated heterocycles. The van der Waals surface area contributed by atoms with Crippen LogP contribution in [-0.4, -0.2) is 36.2 Å². The van der Waals surface area contributed by atoms with E-state index in [2.05, 4.69) is 10.6 Å². The van der Waals surface area contributed by atoms with E-state index in [0.29, 0.717) is 0 Å². The summed E-state index contributed by atoms with van der Waals surface area (Å²) in [5.74, 6) is -0.0777. The summed E-state index contributed by atoms with van der Waals surface area (Å²) in [6.45, 7) is 5.48. The van der Waals surface area contributed by atoms with Gasteiger partial charge in [-0.3, -0.25) is 4.79 Å². The highest BCUT2D eigenvalue weighted by atomic mass is 16.3. The SMILES string of the molecule is CNC(=O)CNC(C)C(C)(C)O. The molecule has 0 saturated carbocycles. The lowest BCUT2D eigenvalue weighted by Gasteiger charge is -2.26. The fraction of sp³-hybridized carbons (Fsp3) is 0.875. The van der Waals surface area contributed by atoms with Crippen LogP contribution < -0.4 is 10.6 Å². The lowest BCUT2D eigenvalue weighted by molar-refractivity contribution is -0.120. The van der Waals surface area contributed by atoms with Crippen LogP contribution in [0.25, 0.3) is 0 Å². The Hall–Kier alpha value is -0.610. The first kappa shape index (κ1) is 11.4. The largest absolute Gasteiger partial charge is 0.389 e. The van der Waals surface area contributed by atoms with Gasteiger partial charge in [0.15, 0.2) is 0 Å². The van der Waals surface area contributed by atoms with Crippen LogP contribution in [0.3, 0.4) is 0 Å². The summed E-state index contributed by atoms with van der Waals surface area (Å²) < 4.78 is 0. The highest BCUT2D eigenvalue weighted by Gasteiger charge is 2.21. The summed E-state index contributed by atoms with van der Waals surface area (Å²) in [5.41, 5.74) is -0.798. The number of carbonyl (C=O) groups is 1. The molecule has 0 aromatic carbocycles. The second-order valence-corrected chi connectivity index (χ2v) is 3.43. The Morgan fingerprint density at radius 3 is 2.42 bits per heavy atom. The maximum absolute atomic E-state index is 10.8. The summed E-state index contributed by atoms with van der Waals surface area (Å²) in [7, 11) is 1.58.